The Kier molecular flexibility index (Phi) is 3.30. The van der Waals surface area contributed by atoms with Gasteiger partial charge in [0.05, 0.1) is 24.9 Å². The van der Waals surface area contributed by atoms with Crippen LogP contribution in [0.1, 0.15) is 47.5 Å². The molecule has 2 aliphatic rings. The Bertz CT molecular complexity index is 289. The predicted octanol–water partition coefficient (Wildman–Crippen LogP) is 2.78. The topological polar surface area (TPSA) is 31.0 Å². The Morgan fingerprint density at radius 3 is 2.41 bits per heavy atom. The summed E-state index contributed by atoms with van der Waals surface area (Å²) in [4.78, 5) is 0. The summed E-state index contributed by atoms with van der Waals surface area (Å²) in [6.07, 6.45) is 2.40. The standard InChI is InChI=1S/C14H26O3/c1-6-15-7-8-16-11-9-12(2,3)14(5)13(4,10-11)17-14/h11H,6-10H2,1-5H3/t11-,13+,14-/m0/s1. The molecular weight excluding hydrogens is 216 g/mol. The Morgan fingerprint density at radius 2 is 1.82 bits per heavy atom. The molecule has 100 valence electrons. The molecule has 0 unspecified atom stereocenters. The van der Waals surface area contributed by atoms with E-state index in [9.17, 15) is 0 Å². The van der Waals surface area contributed by atoms with Crippen LogP contribution in [0.2, 0.25) is 0 Å². The number of epoxide rings is 1. The van der Waals surface area contributed by atoms with Crippen LogP contribution in [0, 0.1) is 5.41 Å². The molecule has 1 saturated carbocycles. The SMILES string of the molecule is CCOCCO[C@H]1CC(C)(C)[C@]2(C)O[C@]2(C)C1. The fraction of sp³-hybridized carbons (Fsp3) is 1.00. The van der Waals surface area contributed by atoms with Crippen molar-refractivity contribution in [3.8, 4) is 0 Å². The molecule has 3 heteroatoms. The zero-order valence-corrected chi connectivity index (χ0v) is 11.8. The normalized spacial score (nSPS) is 43.2. The van der Waals surface area contributed by atoms with E-state index in [0.29, 0.717) is 19.3 Å². The number of hydrogen-bond acceptors (Lipinski definition) is 3. The molecule has 2 fully saturated rings. The molecular formula is C14H26O3. The minimum Gasteiger partial charge on any atom is -0.379 e. The van der Waals surface area contributed by atoms with Crippen molar-refractivity contribution in [3.63, 3.8) is 0 Å². The molecule has 0 aromatic heterocycles. The lowest BCUT2D eigenvalue weighted by Crippen LogP contribution is -2.46. The summed E-state index contributed by atoms with van der Waals surface area (Å²) in [6, 6.07) is 0. The zero-order valence-electron chi connectivity index (χ0n) is 11.8. The summed E-state index contributed by atoms with van der Waals surface area (Å²) in [5, 5.41) is 0. The quantitative estimate of drug-likeness (QED) is 0.548. The van der Waals surface area contributed by atoms with Crippen molar-refractivity contribution in [3.05, 3.63) is 0 Å². The van der Waals surface area contributed by atoms with Gasteiger partial charge in [0.1, 0.15) is 5.60 Å². The fourth-order valence-corrected chi connectivity index (χ4v) is 3.32. The number of fused-ring (bicyclic) bond motifs is 1. The van der Waals surface area contributed by atoms with Crippen LogP contribution in [0.3, 0.4) is 0 Å². The van der Waals surface area contributed by atoms with Crippen LogP contribution >= 0.6 is 0 Å². The lowest BCUT2D eigenvalue weighted by atomic mass is 9.64. The average Bonchev–Trinajstić information content (AvgIpc) is 2.77. The number of rotatable bonds is 5. The summed E-state index contributed by atoms with van der Waals surface area (Å²) >= 11 is 0. The van der Waals surface area contributed by atoms with Gasteiger partial charge in [0.15, 0.2) is 0 Å². The van der Waals surface area contributed by atoms with Crippen molar-refractivity contribution in [2.45, 2.75) is 64.8 Å². The minimum absolute atomic E-state index is 0.0189. The molecule has 0 aromatic carbocycles. The first-order valence-corrected chi connectivity index (χ1v) is 6.74. The molecule has 0 spiro atoms. The highest BCUT2D eigenvalue weighted by atomic mass is 16.6. The van der Waals surface area contributed by atoms with Gasteiger partial charge in [0.25, 0.3) is 0 Å². The van der Waals surface area contributed by atoms with Crippen LogP contribution in [-0.4, -0.2) is 37.1 Å². The largest absolute Gasteiger partial charge is 0.379 e. The second-order valence-corrected chi connectivity index (χ2v) is 6.35. The lowest BCUT2D eigenvalue weighted by molar-refractivity contribution is -0.0393. The van der Waals surface area contributed by atoms with E-state index in [1.54, 1.807) is 0 Å². The van der Waals surface area contributed by atoms with E-state index in [4.69, 9.17) is 14.2 Å². The molecule has 2 rings (SSSR count). The molecule has 1 aliphatic carbocycles. The highest BCUT2D eigenvalue weighted by Crippen LogP contribution is 2.65. The van der Waals surface area contributed by atoms with E-state index in [-0.39, 0.29) is 16.6 Å². The Morgan fingerprint density at radius 1 is 1.12 bits per heavy atom. The second kappa shape index (κ2) is 4.22. The molecule has 0 amide bonds. The molecule has 3 nitrogen and oxygen atoms in total. The van der Waals surface area contributed by atoms with Gasteiger partial charge in [-0.15, -0.1) is 0 Å². The third kappa shape index (κ3) is 2.13. The van der Waals surface area contributed by atoms with Gasteiger partial charge in [-0.25, -0.2) is 0 Å². The van der Waals surface area contributed by atoms with Crippen molar-refractivity contribution in [1.82, 2.24) is 0 Å². The number of ether oxygens (including phenoxy) is 3. The molecule has 17 heavy (non-hydrogen) atoms. The van der Waals surface area contributed by atoms with Gasteiger partial charge in [-0.1, -0.05) is 13.8 Å². The van der Waals surface area contributed by atoms with Crippen molar-refractivity contribution >= 4 is 0 Å². The second-order valence-electron chi connectivity index (χ2n) is 6.35. The van der Waals surface area contributed by atoms with Crippen molar-refractivity contribution in [1.29, 1.82) is 0 Å². The summed E-state index contributed by atoms with van der Waals surface area (Å²) in [5.41, 5.74) is 0.251. The van der Waals surface area contributed by atoms with Crippen molar-refractivity contribution < 1.29 is 14.2 Å². The van der Waals surface area contributed by atoms with Crippen LogP contribution < -0.4 is 0 Å². The lowest BCUT2D eigenvalue weighted by Gasteiger charge is -2.40. The number of hydrogen-bond donors (Lipinski definition) is 0. The summed E-state index contributed by atoms with van der Waals surface area (Å²) < 4.78 is 17.2. The van der Waals surface area contributed by atoms with Crippen LogP contribution in [0.5, 0.6) is 0 Å². The molecule has 0 N–H and O–H groups in total. The first-order valence-electron chi connectivity index (χ1n) is 6.74. The maximum absolute atomic E-state index is 6.01. The Hall–Kier alpha value is -0.120. The van der Waals surface area contributed by atoms with E-state index >= 15 is 0 Å². The van der Waals surface area contributed by atoms with E-state index in [0.717, 1.165) is 19.4 Å². The molecule has 3 atom stereocenters. The van der Waals surface area contributed by atoms with Crippen molar-refractivity contribution in [2.75, 3.05) is 19.8 Å². The smallest absolute Gasteiger partial charge is 0.100 e. The first-order chi connectivity index (χ1) is 7.85. The molecule has 1 aliphatic heterocycles. The van der Waals surface area contributed by atoms with Crippen molar-refractivity contribution in [2.24, 2.45) is 5.41 Å². The van der Waals surface area contributed by atoms with E-state index in [1.807, 2.05) is 6.92 Å². The maximum Gasteiger partial charge on any atom is 0.100 e. The third-order valence-corrected chi connectivity index (χ3v) is 4.83. The van der Waals surface area contributed by atoms with Gasteiger partial charge >= 0.3 is 0 Å². The first kappa shape index (κ1) is 13.3. The molecule has 1 saturated heterocycles. The van der Waals surface area contributed by atoms with Crippen LogP contribution in [0.15, 0.2) is 0 Å². The van der Waals surface area contributed by atoms with Gasteiger partial charge in [-0.3, -0.25) is 0 Å². The van der Waals surface area contributed by atoms with Gasteiger partial charge in [-0.2, -0.15) is 0 Å². The molecule has 0 radical (unpaired) electrons. The summed E-state index contributed by atoms with van der Waals surface area (Å²) in [5.74, 6) is 0. The predicted molar refractivity (Wildman–Crippen MR) is 67.1 cm³/mol. The molecule has 1 heterocycles. The van der Waals surface area contributed by atoms with Crippen LogP contribution in [0.25, 0.3) is 0 Å². The van der Waals surface area contributed by atoms with Gasteiger partial charge < -0.3 is 14.2 Å². The van der Waals surface area contributed by atoms with E-state index in [2.05, 4.69) is 27.7 Å². The Balaban J connectivity index is 1.87. The minimum atomic E-state index is 0.0189. The van der Waals surface area contributed by atoms with E-state index in [1.165, 1.54) is 0 Å². The van der Waals surface area contributed by atoms with Crippen LogP contribution in [-0.2, 0) is 14.2 Å². The molecule has 0 bridgehead atoms. The van der Waals surface area contributed by atoms with Gasteiger partial charge in [-0.05, 0) is 32.6 Å². The monoisotopic (exact) mass is 242 g/mol. The maximum atomic E-state index is 6.01. The Labute approximate surface area is 105 Å². The fourth-order valence-electron chi connectivity index (χ4n) is 3.32. The zero-order chi connectivity index (χ0) is 12.7. The third-order valence-electron chi connectivity index (χ3n) is 4.83. The van der Waals surface area contributed by atoms with Crippen LogP contribution in [0.4, 0.5) is 0 Å². The van der Waals surface area contributed by atoms with E-state index < -0.39 is 0 Å². The van der Waals surface area contributed by atoms with Gasteiger partial charge in [0, 0.05) is 13.0 Å². The highest BCUT2D eigenvalue weighted by molar-refractivity contribution is 5.21. The average molecular weight is 242 g/mol. The summed E-state index contributed by atoms with van der Waals surface area (Å²) in [7, 11) is 0. The summed E-state index contributed by atoms with van der Waals surface area (Å²) in [6.45, 7) is 13.2. The molecule has 0 aromatic rings. The highest BCUT2D eigenvalue weighted by Gasteiger charge is 2.73. The van der Waals surface area contributed by atoms with Gasteiger partial charge in [0.2, 0.25) is 0 Å².